The van der Waals surface area contributed by atoms with E-state index in [-0.39, 0.29) is 0 Å². The molecule has 1 aromatic carbocycles. The van der Waals surface area contributed by atoms with Gasteiger partial charge in [0.25, 0.3) is 0 Å². The summed E-state index contributed by atoms with van der Waals surface area (Å²) in [4.78, 5) is 5.23. The average Bonchev–Trinajstić information content (AvgIpc) is 2.69. The fourth-order valence-corrected chi connectivity index (χ4v) is 4.04. The van der Waals surface area contributed by atoms with E-state index in [0.717, 1.165) is 28.7 Å². The van der Waals surface area contributed by atoms with Gasteiger partial charge >= 0.3 is 0 Å². The lowest BCUT2D eigenvalue weighted by Crippen LogP contribution is -2.52. The van der Waals surface area contributed by atoms with Crippen molar-refractivity contribution in [2.75, 3.05) is 19.6 Å². The zero-order valence-electron chi connectivity index (χ0n) is 11.8. The van der Waals surface area contributed by atoms with Gasteiger partial charge < -0.3 is 0 Å². The molecule has 2 nitrogen and oxygen atoms in total. The second-order valence-electron chi connectivity index (χ2n) is 5.89. The van der Waals surface area contributed by atoms with Crippen LogP contribution in [0.5, 0.6) is 0 Å². The van der Waals surface area contributed by atoms with Gasteiger partial charge in [-0.2, -0.15) is 0 Å². The Kier molecular flexibility index (Phi) is 4.87. The van der Waals surface area contributed by atoms with Crippen LogP contribution in [0.1, 0.15) is 37.7 Å². The number of benzene rings is 1. The lowest BCUT2D eigenvalue weighted by Gasteiger charge is -2.43. The van der Waals surface area contributed by atoms with Crippen LogP contribution < -0.4 is 0 Å². The van der Waals surface area contributed by atoms with Crippen molar-refractivity contribution in [3.63, 3.8) is 0 Å². The van der Waals surface area contributed by atoms with Crippen LogP contribution in [0.25, 0.3) is 0 Å². The van der Waals surface area contributed by atoms with Gasteiger partial charge in [0.2, 0.25) is 0 Å². The van der Waals surface area contributed by atoms with Crippen LogP contribution in [0, 0.1) is 0 Å². The summed E-state index contributed by atoms with van der Waals surface area (Å²) in [6.45, 7) is 4.53. The Morgan fingerprint density at radius 1 is 0.950 bits per heavy atom. The topological polar surface area (TPSA) is 6.48 Å². The first-order valence-electron chi connectivity index (χ1n) is 7.67. The van der Waals surface area contributed by atoms with E-state index in [0.29, 0.717) is 6.17 Å². The van der Waals surface area contributed by atoms with Gasteiger partial charge in [0.05, 0.1) is 6.17 Å². The van der Waals surface area contributed by atoms with Crippen LogP contribution >= 0.6 is 23.2 Å². The van der Waals surface area contributed by atoms with Gasteiger partial charge in [-0.15, -0.1) is 0 Å². The lowest BCUT2D eigenvalue weighted by atomic mass is 10.1. The summed E-state index contributed by atoms with van der Waals surface area (Å²) >= 11 is 12.7. The van der Waals surface area contributed by atoms with Crippen molar-refractivity contribution in [2.24, 2.45) is 0 Å². The lowest BCUT2D eigenvalue weighted by molar-refractivity contribution is -0.000311. The molecule has 1 atom stereocenters. The Hall–Kier alpha value is -0.280. The summed E-state index contributed by atoms with van der Waals surface area (Å²) in [6.07, 6.45) is 7.16. The molecule has 0 saturated carbocycles. The summed E-state index contributed by atoms with van der Waals surface area (Å²) in [5, 5.41) is 1.59. The van der Waals surface area contributed by atoms with Crippen LogP contribution in [-0.4, -0.2) is 35.6 Å². The van der Waals surface area contributed by atoms with E-state index in [1.807, 2.05) is 18.2 Å². The SMILES string of the molecule is Clc1cccc(Cl)c1CN1CCCN2CCCCCC21. The molecule has 110 valence electrons. The third-order valence-electron chi connectivity index (χ3n) is 4.56. The highest BCUT2D eigenvalue weighted by Gasteiger charge is 2.30. The minimum Gasteiger partial charge on any atom is -0.288 e. The van der Waals surface area contributed by atoms with Crippen molar-refractivity contribution in [1.82, 2.24) is 9.80 Å². The monoisotopic (exact) mass is 312 g/mol. The summed E-state index contributed by atoms with van der Waals surface area (Å²) in [7, 11) is 0. The van der Waals surface area contributed by atoms with Crippen molar-refractivity contribution in [1.29, 1.82) is 0 Å². The molecule has 0 amide bonds. The molecule has 0 aliphatic carbocycles. The Bertz CT molecular complexity index is 444. The molecular weight excluding hydrogens is 291 g/mol. The van der Waals surface area contributed by atoms with Crippen LogP contribution in [0.3, 0.4) is 0 Å². The fourth-order valence-electron chi connectivity index (χ4n) is 3.52. The molecule has 1 aromatic rings. The van der Waals surface area contributed by atoms with Crippen LogP contribution in [0.4, 0.5) is 0 Å². The third kappa shape index (κ3) is 3.14. The van der Waals surface area contributed by atoms with Crippen molar-refractivity contribution in [3.05, 3.63) is 33.8 Å². The fraction of sp³-hybridized carbons (Fsp3) is 0.625. The van der Waals surface area contributed by atoms with Gasteiger partial charge in [0, 0.05) is 35.2 Å². The number of fused-ring (bicyclic) bond motifs is 1. The molecule has 2 aliphatic rings. The van der Waals surface area contributed by atoms with E-state index < -0.39 is 0 Å². The highest BCUT2D eigenvalue weighted by Crippen LogP contribution is 2.30. The van der Waals surface area contributed by atoms with Gasteiger partial charge in [-0.3, -0.25) is 9.80 Å². The number of halogens is 2. The van der Waals surface area contributed by atoms with E-state index in [2.05, 4.69) is 9.80 Å². The largest absolute Gasteiger partial charge is 0.288 e. The number of nitrogens with zero attached hydrogens (tertiary/aromatic N) is 2. The maximum atomic E-state index is 6.33. The van der Waals surface area contributed by atoms with Crippen molar-refractivity contribution in [2.45, 2.75) is 44.8 Å². The Morgan fingerprint density at radius 2 is 1.70 bits per heavy atom. The van der Waals surface area contributed by atoms with Crippen LogP contribution in [0.2, 0.25) is 10.0 Å². The van der Waals surface area contributed by atoms with Gasteiger partial charge in [0.1, 0.15) is 0 Å². The summed E-state index contributed by atoms with van der Waals surface area (Å²) in [6, 6.07) is 5.80. The summed E-state index contributed by atoms with van der Waals surface area (Å²) in [5.74, 6) is 0. The Labute approximate surface area is 131 Å². The second-order valence-corrected chi connectivity index (χ2v) is 6.70. The van der Waals surface area contributed by atoms with E-state index in [9.17, 15) is 0 Å². The maximum absolute atomic E-state index is 6.33. The predicted octanol–water partition coefficient (Wildman–Crippen LogP) is 4.40. The molecule has 20 heavy (non-hydrogen) atoms. The molecular formula is C16H22Cl2N2. The molecule has 4 heteroatoms. The van der Waals surface area contributed by atoms with Gasteiger partial charge in [-0.05, 0) is 37.9 Å². The standard InChI is InChI=1S/C16H22Cl2N2/c17-14-6-4-7-15(18)13(14)12-20-11-5-10-19-9-3-1-2-8-16(19)20/h4,6-7,16H,1-3,5,8-12H2. The first-order chi connectivity index (χ1) is 9.75. The number of hydrogen-bond acceptors (Lipinski definition) is 2. The second kappa shape index (κ2) is 6.65. The molecule has 2 fully saturated rings. The molecule has 1 unspecified atom stereocenters. The van der Waals surface area contributed by atoms with Crippen molar-refractivity contribution < 1.29 is 0 Å². The minimum absolute atomic E-state index is 0.582. The molecule has 0 spiro atoms. The quantitative estimate of drug-likeness (QED) is 0.798. The van der Waals surface area contributed by atoms with Crippen LogP contribution in [0.15, 0.2) is 18.2 Å². The van der Waals surface area contributed by atoms with E-state index in [1.54, 1.807) is 0 Å². The van der Waals surface area contributed by atoms with E-state index in [4.69, 9.17) is 23.2 Å². The van der Waals surface area contributed by atoms with Gasteiger partial charge in [0.15, 0.2) is 0 Å². The van der Waals surface area contributed by atoms with Gasteiger partial charge in [-0.1, -0.05) is 42.1 Å². The molecule has 2 saturated heterocycles. The Morgan fingerprint density at radius 3 is 2.50 bits per heavy atom. The van der Waals surface area contributed by atoms with E-state index >= 15 is 0 Å². The van der Waals surface area contributed by atoms with Crippen LogP contribution in [-0.2, 0) is 6.54 Å². The first kappa shape index (κ1) is 14.6. The molecule has 0 radical (unpaired) electrons. The van der Waals surface area contributed by atoms with Crippen molar-refractivity contribution >= 4 is 23.2 Å². The number of rotatable bonds is 2. The third-order valence-corrected chi connectivity index (χ3v) is 5.27. The first-order valence-corrected chi connectivity index (χ1v) is 8.42. The Balaban J connectivity index is 1.78. The minimum atomic E-state index is 0.582. The summed E-state index contributed by atoms with van der Waals surface area (Å²) < 4.78 is 0. The maximum Gasteiger partial charge on any atom is 0.0625 e. The molecule has 0 N–H and O–H groups in total. The highest BCUT2D eigenvalue weighted by molar-refractivity contribution is 6.35. The summed E-state index contributed by atoms with van der Waals surface area (Å²) in [5.41, 5.74) is 1.09. The van der Waals surface area contributed by atoms with Crippen molar-refractivity contribution in [3.8, 4) is 0 Å². The van der Waals surface area contributed by atoms with E-state index in [1.165, 1.54) is 45.2 Å². The van der Waals surface area contributed by atoms with Gasteiger partial charge in [-0.25, -0.2) is 0 Å². The smallest absolute Gasteiger partial charge is 0.0625 e. The molecule has 0 aromatic heterocycles. The predicted molar refractivity (Wildman–Crippen MR) is 85.3 cm³/mol. The average molecular weight is 313 g/mol. The zero-order valence-corrected chi connectivity index (χ0v) is 13.3. The molecule has 3 rings (SSSR count). The zero-order chi connectivity index (χ0) is 13.9. The molecule has 0 bridgehead atoms. The molecule has 2 heterocycles. The number of hydrogen-bond donors (Lipinski definition) is 0. The molecule has 2 aliphatic heterocycles. The highest BCUT2D eigenvalue weighted by atomic mass is 35.5. The normalized spacial score (nSPS) is 25.2.